The van der Waals surface area contributed by atoms with Crippen molar-refractivity contribution < 1.29 is 9.53 Å². The first-order valence-electron chi connectivity index (χ1n) is 9.11. The minimum atomic E-state index is -0.392. The Hall–Kier alpha value is -2.96. The van der Waals surface area contributed by atoms with Crippen molar-refractivity contribution in [3.05, 3.63) is 70.2 Å². The molecule has 1 N–H and O–H groups in total. The van der Waals surface area contributed by atoms with Gasteiger partial charge in [0.25, 0.3) is 0 Å². The molecule has 2 heterocycles. The van der Waals surface area contributed by atoms with E-state index in [9.17, 15) is 4.79 Å². The average molecular weight is 424 g/mol. The van der Waals surface area contributed by atoms with Crippen molar-refractivity contribution in [3.8, 4) is 11.1 Å². The number of thiophene rings is 1. The molecule has 0 bridgehead atoms. The second-order valence-corrected chi connectivity index (χ2v) is 7.65. The van der Waals surface area contributed by atoms with Gasteiger partial charge in [-0.05, 0) is 31.5 Å². The van der Waals surface area contributed by atoms with Crippen molar-refractivity contribution in [2.24, 2.45) is 0 Å². The number of esters is 1. The number of ether oxygens (including phenoxy) is 1. The minimum Gasteiger partial charge on any atom is -0.462 e. The number of fused-ring (bicyclic) bond motifs is 1. The van der Waals surface area contributed by atoms with E-state index in [1.54, 1.807) is 6.92 Å². The molecule has 4 rings (SSSR count). The van der Waals surface area contributed by atoms with E-state index < -0.39 is 5.97 Å². The van der Waals surface area contributed by atoms with Gasteiger partial charge in [0, 0.05) is 10.9 Å². The second kappa shape index (κ2) is 8.19. The van der Waals surface area contributed by atoms with Gasteiger partial charge in [-0.2, -0.15) is 0 Å². The summed E-state index contributed by atoms with van der Waals surface area (Å²) in [5.74, 6) is 0.00455. The van der Waals surface area contributed by atoms with Crippen LogP contribution >= 0.6 is 22.9 Å². The maximum Gasteiger partial charge on any atom is 0.341 e. The largest absolute Gasteiger partial charge is 0.462 e. The first-order valence-corrected chi connectivity index (χ1v) is 10.4. The number of nitrogens with zero attached hydrogens (tertiary/aromatic N) is 2. The molecule has 29 heavy (non-hydrogen) atoms. The number of para-hydroxylation sites is 2. The van der Waals surface area contributed by atoms with Gasteiger partial charge >= 0.3 is 5.97 Å². The third kappa shape index (κ3) is 3.95. The molecule has 5 nitrogen and oxygen atoms in total. The molecule has 0 fully saturated rings. The Bertz CT molecular complexity index is 1190. The van der Waals surface area contributed by atoms with Crippen LogP contribution in [0.4, 0.5) is 10.8 Å². The topological polar surface area (TPSA) is 64.1 Å². The molecular weight excluding hydrogens is 406 g/mol. The zero-order valence-electron chi connectivity index (χ0n) is 15.9. The third-order valence-corrected chi connectivity index (χ3v) is 5.55. The van der Waals surface area contributed by atoms with Crippen molar-refractivity contribution in [2.45, 2.75) is 13.8 Å². The van der Waals surface area contributed by atoms with E-state index in [-0.39, 0.29) is 11.8 Å². The maximum absolute atomic E-state index is 12.8. The summed E-state index contributed by atoms with van der Waals surface area (Å²) in [6, 6.07) is 15.5. The molecule has 146 valence electrons. The number of halogens is 1. The second-order valence-electron chi connectivity index (χ2n) is 6.42. The molecular formula is C22H18ClN3O2S. The lowest BCUT2D eigenvalue weighted by atomic mass is 10.0. The molecule has 0 aliphatic heterocycles. The quantitative estimate of drug-likeness (QED) is 0.385. The summed E-state index contributed by atoms with van der Waals surface area (Å²) in [6.45, 7) is 4.10. The van der Waals surface area contributed by atoms with Gasteiger partial charge in [-0.1, -0.05) is 53.6 Å². The standard InChI is InChI=1S/C22H18ClN3O2S/c1-3-28-22(27)18-15(14-10-8-13(2)9-11-14)12-29-21(18)26-20-19(23)24-16-6-4-5-7-17(16)25-20/h4-12H,3H2,1-2H3,(H,25,26). The van der Waals surface area contributed by atoms with Crippen LogP contribution in [0.2, 0.25) is 5.15 Å². The van der Waals surface area contributed by atoms with Crippen LogP contribution in [0.1, 0.15) is 22.8 Å². The Balaban J connectivity index is 1.78. The molecule has 0 aliphatic carbocycles. The number of carbonyl (C=O) groups is 1. The van der Waals surface area contributed by atoms with Crippen LogP contribution in [0.15, 0.2) is 53.9 Å². The Morgan fingerprint density at radius 3 is 2.48 bits per heavy atom. The number of carbonyl (C=O) groups excluding carboxylic acids is 1. The first kappa shape index (κ1) is 19.4. The lowest BCUT2D eigenvalue weighted by Gasteiger charge is -2.10. The monoisotopic (exact) mass is 423 g/mol. The number of hydrogen-bond donors (Lipinski definition) is 1. The molecule has 0 saturated heterocycles. The molecule has 0 radical (unpaired) electrons. The predicted octanol–water partition coefficient (Wildman–Crippen LogP) is 6.24. The Labute approximate surface area is 177 Å². The van der Waals surface area contributed by atoms with Gasteiger partial charge in [0.15, 0.2) is 11.0 Å². The fraction of sp³-hybridized carbons (Fsp3) is 0.136. The summed E-state index contributed by atoms with van der Waals surface area (Å²) < 4.78 is 5.31. The predicted molar refractivity (Wildman–Crippen MR) is 118 cm³/mol. The van der Waals surface area contributed by atoms with Crippen LogP contribution in [-0.4, -0.2) is 22.5 Å². The van der Waals surface area contributed by atoms with Gasteiger partial charge in [-0.25, -0.2) is 14.8 Å². The number of rotatable bonds is 5. The molecule has 0 atom stereocenters. The lowest BCUT2D eigenvalue weighted by Crippen LogP contribution is -2.08. The summed E-state index contributed by atoms with van der Waals surface area (Å²) in [7, 11) is 0. The minimum absolute atomic E-state index is 0.240. The van der Waals surface area contributed by atoms with Crippen LogP contribution < -0.4 is 5.32 Å². The summed E-state index contributed by atoms with van der Waals surface area (Å²) >= 11 is 7.74. The van der Waals surface area contributed by atoms with E-state index in [1.807, 2.05) is 60.8 Å². The van der Waals surface area contributed by atoms with E-state index in [0.29, 0.717) is 27.4 Å². The highest BCUT2D eigenvalue weighted by atomic mass is 35.5. The summed E-state index contributed by atoms with van der Waals surface area (Å²) in [5.41, 5.74) is 4.79. The van der Waals surface area contributed by atoms with Crippen LogP contribution in [0.3, 0.4) is 0 Å². The van der Waals surface area contributed by atoms with Crippen molar-refractivity contribution >= 4 is 50.8 Å². The highest BCUT2D eigenvalue weighted by Gasteiger charge is 2.22. The number of benzene rings is 2. The molecule has 4 aromatic rings. The lowest BCUT2D eigenvalue weighted by molar-refractivity contribution is 0.0529. The van der Waals surface area contributed by atoms with Gasteiger partial charge in [-0.15, -0.1) is 11.3 Å². The molecule has 0 amide bonds. The zero-order chi connectivity index (χ0) is 20.4. The average Bonchev–Trinajstić information content (AvgIpc) is 3.13. The summed E-state index contributed by atoms with van der Waals surface area (Å²) in [6.07, 6.45) is 0. The highest BCUT2D eigenvalue weighted by molar-refractivity contribution is 7.15. The van der Waals surface area contributed by atoms with Crippen LogP contribution in [0.5, 0.6) is 0 Å². The fourth-order valence-electron chi connectivity index (χ4n) is 2.97. The molecule has 2 aromatic heterocycles. The Kier molecular flexibility index (Phi) is 5.47. The smallest absolute Gasteiger partial charge is 0.341 e. The van der Waals surface area contributed by atoms with Crippen molar-refractivity contribution in [2.75, 3.05) is 11.9 Å². The molecule has 0 unspecified atom stereocenters. The van der Waals surface area contributed by atoms with Crippen molar-refractivity contribution in [1.82, 2.24) is 9.97 Å². The molecule has 0 spiro atoms. The number of nitrogens with one attached hydrogen (secondary N) is 1. The Morgan fingerprint density at radius 2 is 1.79 bits per heavy atom. The van der Waals surface area contributed by atoms with Gasteiger partial charge < -0.3 is 10.1 Å². The van der Waals surface area contributed by atoms with Crippen LogP contribution in [0, 0.1) is 6.92 Å². The molecule has 0 saturated carbocycles. The number of aryl methyl sites for hydroxylation is 1. The van der Waals surface area contributed by atoms with E-state index in [4.69, 9.17) is 16.3 Å². The Morgan fingerprint density at radius 1 is 1.10 bits per heavy atom. The normalized spacial score (nSPS) is 10.9. The van der Waals surface area contributed by atoms with E-state index in [0.717, 1.165) is 16.7 Å². The van der Waals surface area contributed by atoms with Gasteiger partial charge in [0.05, 0.1) is 17.6 Å². The van der Waals surface area contributed by atoms with Crippen LogP contribution in [0.25, 0.3) is 22.2 Å². The maximum atomic E-state index is 12.8. The van der Waals surface area contributed by atoms with Gasteiger partial charge in [-0.3, -0.25) is 0 Å². The van der Waals surface area contributed by atoms with Crippen LogP contribution in [-0.2, 0) is 4.74 Å². The highest BCUT2D eigenvalue weighted by Crippen LogP contribution is 2.38. The fourth-order valence-corrected chi connectivity index (χ4v) is 4.10. The SMILES string of the molecule is CCOC(=O)c1c(-c2ccc(C)cc2)csc1Nc1nc2ccccc2nc1Cl. The van der Waals surface area contributed by atoms with E-state index in [1.165, 1.54) is 11.3 Å². The van der Waals surface area contributed by atoms with E-state index >= 15 is 0 Å². The first-order chi connectivity index (χ1) is 14.1. The summed E-state index contributed by atoms with van der Waals surface area (Å²) in [5, 5.41) is 5.97. The number of anilines is 2. The zero-order valence-corrected chi connectivity index (χ0v) is 17.5. The van der Waals surface area contributed by atoms with Gasteiger partial charge in [0.1, 0.15) is 10.6 Å². The molecule has 7 heteroatoms. The van der Waals surface area contributed by atoms with E-state index in [2.05, 4.69) is 15.3 Å². The van der Waals surface area contributed by atoms with Gasteiger partial charge in [0.2, 0.25) is 0 Å². The van der Waals surface area contributed by atoms with Crippen molar-refractivity contribution in [3.63, 3.8) is 0 Å². The van der Waals surface area contributed by atoms with Crippen molar-refractivity contribution in [1.29, 1.82) is 0 Å². The summed E-state index contributed by atoms with van der Waals surface area (Å²) in [4.78, 5) is 21.7. The number of hydrogen-bond acceptors (Lipinski definition) is 6. The number of aromatic nitrogens is 2. The third-order valence-electron chi connectivity index (χ3n) is 4.39. The molecule has 0 aliphatic rings. The molecule has 2 aromatic carbocycles.